The Morgan fingerprint density at radius 2 is 2.00 bits per heavy atom. The molecule has 1 aliphatic rings. The van der Waals surface area contributed by atoms with Gasteiger partial charge in [-0.05, 0) is 18.8 Å². The topological polar surface area (TPSA) is 71.5 Å². The lowest BCUT2D eigenvalue weighted by molar-refractivity contribution is 0.0825. The lowest BCUT2D eigenvalue weighted by Crippen LogP contribution is -2.36. The van der Waals surface area contributed by atoms with Crippen molar-refractivity contribution in [3.8, 4) is 0 Å². The zero-order chi connectivity index (χ0) is 18.5. The van der Waals surface area contributed by atoms with Crippen molar-refractivity contribution >= 4 is 21.4 Å². The van der Waals surface area contributed by atoms with E-state index in [-0.39, 0.29) is 11.3 Å². The Morgan fingerprint density at radius 1 is 1.27 bits per heavy atom. The van der Waals surface area contributed by atoms with Gasteiger partial charge in [-0.1, -0.05) is 32.1 Å². The highest BCUT2D eigenvalue weighted by molar-refractivity contribution is 7.20. The summed E-state index contributed by atoms with van der Waals surface area (Å²) in [6, 6.07) is 0. The van der Waals surface area contributed by atoms with Crippen LogP contribution in [0.5, 0.6) is 0 Å². The molecule has 1 aliphatic heterocycles. The lowest BCUT2D eigenvalue weighted by atomic mass is 9.91. The molecule has 140 valence electrons. The maximum atomic E-state index is 10.6. The van der Waals surface area contributed by atoms with Crippen LogP contribution in [-0.2, 0) is 12.5 Å². The average Bonchev–Trinajstić information content (AvgIpc) is 3.27. The highest BCUT2D eigenvalue weighted by Crippen LogP contribution is 2.33. The number of aliphatic hydroxyl groups excluding tert-OH is 1. The Balaban J connectivity index is 1.44. The third-order valence-corrected chi connectivity index (χ3v) is 6.16. The summed E-state index contributed by atoms with van der Waals surface area (Å²) in [5.74, 6) is 0.995. The quantitative estimate of drug-likeness (QED) is 0.763. The Labute approximate surface area is 157 Å². The summed E-state index contributed by atoms with van der Waals surface area (Å²) >= 11 is 1.64. The van der Waals surface area contributed by atoms with Crippen LogP contribution in [0.4, 0.5) is 5.13 Å². The second-order valence-corrected chi connectivity index (χ2v) is 9.09. The zero-order valence-electron chi connectivity index (χ0n) is 15.8. The summed E-state index contributed by atoms with van der Waals surface area (Å²) in [5.41, 5.74) is 1.10. The molecule has 0 amide bonds. The van der Waals surface area contributed by atoms with E-state index in [0.717, 1.165) is 47.5 Å². The van der Waals surface area contributed by atoms with Crippen LogP contribution < -0.4 is 4.90 Å². The molecule has 7 nitrogen and oxygen atoms in total. The molecule has 8 heteroatoms. The fourth-order valence-corrected chi connectivity index (χ4v) is 4.39. The number of hydrogen-bond acceptors (Lipinski definition) is 6. The number of anilines is 1. The molecule has 0 aromatic carbocycles. The number of fused-ring (bicyclic) bond motifs is 1. The molecule has 0 saturated carbocycles. The van der Waals surface area contributed by atoms with Crippen molar-refractivity contribution in [2.24, 2.45) is 13.0 Å². The van der Waals surface area contributed by atoms with Crippen LogP contribution in [0.2, 0.25) is 0 Å². The van der Waals surface area contributed by atoms with Crippen molar-refractivity contribution in [1.29, 1.82) is 0 Å². The molecule has 0 bridgehead atoms. The van der Waals surface area contributed by atoms with Gasteiger partial charge in [-0.2, -0.15) is 0 Å². The molecule has 26 heavy (non-hydrogen) atoms. The van der Waals surface area contributed by atoms with Gasteiger partial charge in [-0.15, -0.1) is 5.10 Å². The van der Waals surface area contributed by atoms with Gasteiger partial charge < -0.3 is 14.6 Å². The van der Waals surface area contributed by atoms with Gasteiger partial charge >= 0.3 is 0 Å². The van der Waals surface area contributed by atoms with E-state index in [4.69, 9.17) is 10.1 Å². The number of rotatable bonds is 3. The van der Waals surface area contributed by atoms with Gasteiger partial charge in [-0.25, -0.2) is 14.5 Å². The summed E-state index contributed by atoms with van der Waals surface area (Å²) in [5, 5.41) is 16.4. The third kappa shape index (κ3) is 3.12. The molecule has 4 rings (SSSR count). The van der Waals surface area contributed by atoms with Crippen molar-refractivity contribution in [3.05, 3.63) is 30.1 Å². The summed E-state index contributed by atoms with van der Waals surface area (Å²) in [6.07, 6.45) is 7.02. The van der Waals surface area contributed by atoms with Gasteiger partial charge in [0, 0.05) is 37.9 Å². The van der Waals surface area contributed by atoms with Crippen molar-refractivity contribution in [1.82, 2.24) is 24.1 Å². The molecule has 1 N–H and O–H groups in total. The lowest BCUT2D eigenvalue weighted by Gasteiger charge is -2.33. The minimum absolute atomic E-state index is 0.0348. The second-order valence-electron chi connectivity index (χ2n) is 8.15. The van der Waals surface area contributed by atoms with E-state index in [1.807, 2.05) is 28.5 Å². The van der Waals surface area contributed by atoms with Crippen LogP contribution >= 0.6 is 11.3 Å². The molecule has 4 heterocycles. The molecule has 3 aromatic rings. The van der Waals surface area contributed by atoms with Crippen LogP contribution in [0.25, 0.3) is 4.96 Å². The van der Waals surface area contributed by atoms with Crippen molar-refractivity contribution in [2.45, 2.75) is 45.1 Å². The molecule has 1 unspecified atom stereocenters. The maximum Gasteiger partial charge on any atom is 0.214 e. The van der Waals surface area contributed by atoms with E-state index in [9.17, 15) is 5.11 Å². The Morgan fingerprint density at radius 3 is 2.58 bits per heavy atom. The first kappa shape index (κ1) is 17.5. The van der Waals surface area contributed by atoms with Gasteiger partial charge in [0.25, 0.3) is 0 Å². The fourth-order valence-electron chi connectivity index (χ4n) is 3.46. The van der Waals surface area contributed by atoms with Crippen molar-refractivity contribution in [2.75, 3.05) is 18.0 Å². The largest absolute Gasteiger partial charge is 0.385 e. The van der Waals surface area contributed by atoms with E-state index in [2.05, 4.69) is 30.7 Å². The summed E-state index contributed by atoms with van der Waals surface area (Å²) in [7, 11) is 1.93. The van der Waals surface area contributed by atoms with Gasteiger partial charge in [0.1, 0.15) is 11.9 Å². The smallest absolute Gasteiger partial charge is 0.214 e. The molecule has 3 aromatic heterocycles. The second kappa shape index (κ2) is 6.35. The number of hydrogen-bond donors (Lipinski definition) is 1. The number of aryl methyl sites for hydroxylation is 1. The van der Waals surface area contributed by atoms with Gasteiger partial charge in [0.15, 0.2) is 0 Å². The zero-order valence-corrected chi connectivity index (χ0v) is 16.6. The van der Waals surface area contributed by atoms with Crippen LogP contribution in [0.1, 0.15) is 51.2 Å². The van der Waals surface area contributed by atoms with E-state index in [1.165, 1.54) is 0 Å². The van der Waals surface area contributed by atoms with E-state index in [1.54, 1.807) is 17.5 Å². The summed E-state index contributed by atoms with van der Waals surface area (Å²) < 4.78 is 3.80. The molecule has 1 atom stereocenters. The molecule has 0 spiro atoms. The molecule has 1 saturated heterocycles. The minimum Gasteiger partial charge on any atom is -0.385 e. The standard InChI is InChI=1S/C18H26N6OS/c1-18(2,3)13-11-24-16(20-13)26-17(21-24)23-8-5-12(6-9-23)14(25)15-19-7-10-22(15)4/h7,10-12,14,25H,5-6,8-9H2,1-4H3. The maximum absolute atomic E-state index is 10.6. The molecular weight excluding hydrogens is 348 g/mol. The Hall–Kier alpha value is -1.93. The first-order chi connectivity index (χ1) is 12.3. The monoisotopic (exact) mass is 374 g/mol. The highest BCUT2D eigenvalue weighted by atomic mass is 32.1. The van der Waals surface area contributed by atoms with Gasteiger partial charge in [0.2, 0.25) is 10.1 Å². The van der Waals surface area contributed by atoms with Gasteiger partial charge in [0.05, 0.1) is 11.9 Å². The fraction of sp³-hybridized carbons (Fsp3) is 0.611. The molecule has 1 fully saturated rings. The van der Waals surface area contributed by atoms with Crippen molar-refractivity contribution in [3.63, 3.8) is 0 Å². The number of nitrogens with zero attached hydrogens (tertiary/aromatic N) is 6. The summed E-state index contributed by atoms with van der Waals surface area (Å²) in [4.78, 5) is 12.3. The number of aliphatic hydroxyl groups is 1. The Bertz CT molecular complexity index is 865. The molecule has 0 aliphatic carbocycles. The first-order valence-corrected chi connectivity index (χ1v) is 9.91. The van der Waals surface area contributed by atoms with E-state index in [0.29, 0.717) is 0 Å². The number of aromatic nitrogens is 5. The summed E-state index contributed by atoms with van der Waals surface area (Å²) in [6.45, 7) is 8.29. The van der Waals surface area contributed by atoms with Crippen LogP contribution in [0, 0.1) is 5.92 Å². The number of piperidine rings is 1. The van der Waals surface area contributed by atoms with Crippen LogP contribution in [-0.4, -0.2) is 42.3 Å². The predicted molar refractivity (Wildman–Crippen MR) is 103 cm³/mol. The SMILES string of the molecule is Cn1ccnc1C(O)C1CCN(c2nn3cc(C(C)(C)C)nc3s2)CC1. The molecule has 0 radical (unpaired) electrons. The first-order valence-electron chi connectivity index (χ1n) is 9.10. The predicted octanol–water partition coefficient (Wildman–Crippen LogP) is 2.77. The Kier molecular flexibility index (Phi) is 4.27. The average molecular weight is 375 g/mol. The van der Waals surface area contributed by atoms with E-state index >= 15 is 0 Å². The van der Waals surface area contributed by atoms with Crippen molar-refractivity contribution < 1.29 is 5.11 Å². The minimum atomic E-state index is -0.500. The molecular formula is C18H26N6OS. The third-order valence-electron chi connectivity index (χ3n) is 5.18. The van der Waals surface area contributed by atoms with E-state index < -0.39 is 6.10 Å². The number of imidazole rings is 2. The van der Waals surface area contributed by atoms with Crippen LogP contribution in [0.3, 0.4) is 0 Å². The normalized spacial score (nSPS) is 18.0. The van der Waals surface area contributed by atoms with Crippen LogP contribution in [0.15, 0.2) is 18.6 Å². The van der Waals surface area contributed by atoms with Gasteiger partial charge in [-0.3, -0.25) is 0 Å². The highest BCUT2D eigenvalue weighted by Gasteiger charge is 2.30.